The van der Waals surface area contributed by atoms with Gasteiger partial charge in [0, 0.05) is 25.6 Å². The third kappa shape index (κ3) is 9.30. The minimum atomic E-state index is -5.20. The summed E-state index contributed by atoms with van der Waals surface area (Å²) in [7, 11) is -5.20. The topological polar surface area (TPSA) is 194 Å². The summed E-state index contributed by atoms with van der Waals surface area (Å²) < 4.78 is 39.9. The molecular formula is C26H43N4O9S-. The summed E-state index contributed by atoms with van der Waals surface area (Å²) in [6.07, 6.45) is 5.76. The number of aliphatic hydroxyl groups excluding tert-OH is 1. The van der Waals surface area contributed by atoms with Crippen molar-refractivity contribution in [2.75, 3.05) is 26.2 Å². The van der Waals surface area contributed by atoms with E-state index in [4.69, 9.17) is 4.74 Å². The first-order valence-electron chi connectivity index (χ1n) is 14.3. The number of alkyl carbamates (subject to hydrolysis) is 1. The largest absolute Gasteiger partial charge is 0.746 e. The Labute approximate surface area is 235 Å². The van der Waals surface area contributed by atoms with Crippen LogP contribution in [0.5, 0.6) is 0 Å². The van der Waals surface area contributed by atoms with Crippen LogP contribution < -0.4 is 16.0 Å². The van der Waals surface area contributed by atoms with Crippen molar-refractivity contribution in [2.45, 2.75) is 89.2 Å². The number of rotatable bonds is 13. The van der Waals surface area contributed by atoms with Crippen molar-refractivity contribution < 1.29 is 42.0 Å². The first-order valence-corrected chi connectivity index (χ1v) is 15.7. The van der Waals surface area contributed by atoms with Gasteiger partial charge in [-0.1, -0.05) is 33.1 Å². The van der Waals surface area contributed by atoms with E-state index in [0.717, 1.165) is 19.4 Å². The summed E-state index contributed by atoms with van der Waals surface area (Å²) in [6, 6.07) is -2.72. The molecule has 2 saturated heterocycles. The number of likely N-dealkylation sites (tertiary alicyclic amines) is 1. The average Bonchev–Trinajstić information content (AvgIpc) is 3.45. The van der Waals surface area contributed by atoms with E-state index < -0.39 is 51.5 Å². The van der Waals surface area contributed by atoms with Crippen molar-refractivity contribution in [3.8, 4) is 0 Å². The smallest absolute Gasteiger partial charge is 0.407 e. The lowest BCUT2D eigenvalue weighted by atomic mass is 9.89. The highest BCUT2D eigenvalue weighted by molar-refractivity contribution is 7.86. The van der Waals surface area contributed by atoms with E-state index in [1.807, 2.05) is 18.7 Å². The van der Waals surface area contributed by atoms with Gasteiger partial charge in [0.05, 0.1) is 12.0 Å². The normalized spacial score (nSPS) is 24.5. The lowest BCUT2D eigenvalue weighted by Gasteiger charge is -2.29. The van der Waals surface area contributed by atoms with Gasteiger partial charge in [0.1, 0.15) is 22.8 Å². The van der Waals surface area contributed by atoms with Crippen molar-refractivity contribution in [3.63, 3.8) is 0 Å². The zero-order chi connectivity index (χ0) is 29.4. The van der Waals surface area contributed by atoms with Crippen LogP contribution in [-0.4, -0.2) is 90.6 Å². The van der Waals surface area contributed by atoms with Gasteiger partial charge in [0.15, 0.2) is 5.44 Å². The molecule has 2 aliphatic heterocycles. The molecule has 1 aliphatic carbocycles. The fourth-order valence-corrected chi connectivity index (χ4v) is 6.37. The van der Waals surface area contributed by atoms with Gasteiger partial charge < -0.3 is 35.2 Å². The SMILES string of the molecule is CC(C)C[C@H](NC(=O)OCC1CCN(CC2CCCCC2)C1=O)C(=O)N[C@@H](C[C@@H]1CCNC1=O)C(O)S(=O)(=O)[O-]. The highest BCUT2D eigenvalue weighted by Crippen LogP contribution is 2.27. The molecule has 0 spiro atoms. The number of nitrogens with zero attached hydrogens (tertiary/aromatic N) is 1. The second-order valence-corrected chi connectivity index (χ2v) is 13.2. The predicted molar refractivity (Wildman–Crippen MR) is 142 cm³/mol. The van der Waals surface area contributed by atoms with E-state index >= 15 is 0 Å². The van der Waals surface area contributed by atoms with Gasteiger partial charge >= 0.3 is 6.09 Å². The zero-order valence-electron chi connectivity index (χ0n) is 23.3. The molecule has 0 aromatic carbocycles. The van der Waals surface area contributed by atoms with Crippen LogP contribution in [0.25, 0.3) is 0 Å². The Morgan fingerprint density at radius 3 is 2.40 bits per heavy atom. The minimum absolute atomic E-state index is 0.0403. The molecule has 5 atom stereocenters. The zero-order valence-corrected chi connectivity index (χ0v) is 24.1. The van der Waals surface area contributed by atoms with Crippen molar-refractivity contribution in [1.82, 2.24) is 20.9 Å². The molecule has 40 heavy (non-hydrogen) atoms. The van der Waals surface area contributed by atoms with E-state index in [-0.39, 0.29) is 37.2 Å². The van der Waals surface area contributed by atoms with E-state index in [1.54, 1.807) is 0 Å². The lowest BCUT2D eigenvalue weighted by Crippen LogP contribution is -2.55. The van der Waals surface area contributed by atoms with Crippen LogP contribution in [0.1, 0.15) is 71.6 Å². The van der Waals surface area contributed by atoms with Crippen molar-refractivity contribution >= 4 is 33.9 Å². The number of carbonyl (C=O) groups excluding carboxylic acids is 4. The Hall–Kier alpha value is -2.45. The Morgan fingerprint density at radius 2 is 1.80 bits per heavy atom. The third-order valence-corrected chi connectivity index (χ3v) is 8.93. The molecule has 4 N–H and O–H groups in total. The molecule has 1 saturated carbocycles. The fourth-order valence-electron chi connectivity index (χ4n) is 5.79. The summed E-state index contributed by atoms with van der Waals surface area (Å²) >= 11 is 0. The molecule has 0 aromatic heterocycles. The Morgan fingerprint density at radius 1 is 1.10 bits per heavy atom. The van der Waals surface area contributed by atoms with Crippen LogP contribution in [-0.2, 0) is 29.2 Å². The standard InChI is InChI=1S/C26H44N4O9S/c1-16(2)12-20(23(32)28-21(25(34)40(36,37)38)13-18-8-10-27-22(18)31)29-26(35)39-15-19-9-11-30(24(19)33)14-17-6-4-3-5-7-17/h16-21,25,34H,3-15H2,1-2H3,(H,27,31)(H,28,32)(H,29,35)(H,36,37,38)/p-1/t18-,19?,20-,21-,25?/m0/s1. The summed E-state index contributed by atoms with van der Waals surface area (Å²) in [5.74, 6) is -1.94. The quantitative estimate of drug-likeness (QED) is 0.221. The number of ether oxygens (including phenoxy) is 1. The van der Waals surface area contributed by atoms with Gasteiger partial charge in [-0.05, 0) is 50.4 Å². The molecule has 2 unspecified atom stereocenters. The molecule has 0 aromatic rings. The molecule has 3 rings (SSSR count). The molecule has 0 radical (unpaired) electrons. The minimum Gasteiger partial charge on any atom is -0.746 e. The van der Waals surface area contributed by atoms with Crippen LogP contribution in [0.15, 0.2) is 0 Å². The second kappa shape index (κ2) is 14.4. The summed E-state index contributed by atoms with van der Waals surface area (Å²) in [5, 5.41) is 17.5. The van der Waals surface area contributed by atoms with Crippen LogP contribution in [0.4, 0.5) is 4.79 Å². The average molecular weight is 588 g/mol. The van der Waals surface area contributed by atoms with Gasteiger partial charge in [0.2, 0.25) is 17.7 Å². The molecule has 228 valence electrons. The second-order valence-electron chi connectivity index (χ2n) is 11.7. The molecule has 14 heteroatoms. The number of aliphatic hydroxyl groups is 1. The highest BCUT2D eigenvalue weighted by atomic mass is 32.2. The number of hydrogen-bond acceptors (Lipinski definition) is 9. The number of amides is 4. The van der Waals surface area contributed by atoms with Crippen LogP contribution >= 0.6 is 0 Å². The molecule has 2 heterocycles. The Bertz CT molecular complexity index is 1020. The number of carbonyl (C=O) groups is 4. The van der Waals surface area contributed by atoms with E-state index in [9.17, 15) is 37.3 Å². The van der Waals surface area contributed by atoms with E-state index in [1.165, 1.54) is 19.3 Å². The monoisotopic (exact) mass is 587 g/mol. The van der Waals surface area contributed by atoms with Crippen molar-refractivity contribution in [3.05, 3.63) is 0 Å². The molecule has 3 aliphatic rings. The van der Waals surface area contributed by atoms with Crippen LogP contribution in [0.2, 0.25) is 0 Å². The van der Waals surface area contributed by atoms with Gasteiger partial charge in [-0.15, -0.1) is 0 Å². The number of nitrogens with one attached hydrogen (secondary N) is 3. The fraction of sp³-hybridized carbons (Fsp3) is 0.846. The first kappa shape index (κ1) is 32.1. The van der Waals surface area contributed by atoms with E-state index in [0.29, 0.717) is 31.8 Å². The van der Waals surface area contributed by atoms with Crippen LogP contribution in [0.3, 0.4) is 0 Å². The maximum Gasteiger partial charge on any atom is 0.407 e. The summed E-state index contributed by atoms with van der Waals surface area (Å²) in [5.41, 5.74) is -2.47. The van der Waals surface area contributed by atoms with Gasteiger partial charge in [-0.3, -0.25) is 14.4 Å². The maximum absolute atomic E-state index is 13.1. The molecule has 0 bridgehead atoms. The molecule has 13 nitrogen and oxygen atoms in total. The molecule has 3 fully saturated rings. The Balaban J connectivity index is 1.56. The maximum atomic E-state index is 13.1. The van der Waals surface area contributed by atoms with Crippen molar-refractivity contribution in [1.29, 1.82) is 0 Å². The first-order chi connectivity index (χ1) is 18.8. The number of hydrogen-bond donors (Lipinski definition) is 4. The van der Waals surface area contributed by atoms with Gasteiger partial charge in [-0.2, -0.15) is 0 Å². The van der Waals surface area contributed by atoms with E-state index in [2.05, 4.69) is 16.0 Å². The molecular weight excluding hydrogens is 544 g/mol. The summed E-state index contributed by atoms with van der Waals surface area (Å²) in [4.78, 5) is 52.4. The summed E-state index contributed by atoms with van der Waals surface area (Å²) in [6.45, 7) is 5.19. The lowest BCUT2D eigenvalue weighted by molar-refractivity contribution is -0.132. The van der Waals surface area contributed by atoms with Gasteiger partial charge in [-0.25, -0.2) is 13.2 Å². The van der Waals surface area contributed by atoms with Gasteiger partial charge in [0.25, 0.3) is 0 Å². The third-order valence-electron chi connectivity index (χ3n) is 8.01. The highest BCUT2D eigenvalue weighted by Gasteiger charge is 2.37. The van der Waals surface area contributed by atoms with Crippen molar-refractivity contribution in [2.24, 2.45) is 23.7 Å². The Kier molecular flexibility index (Phi) is 11.6. The van der Waals surface area contributed by atoms with Crippen LogP contribution in [0, 0.1) is 23.7 Å². The molecule has 4 amide bonds. The predicted octanol–water partition coefficient (Wildman–Crippen LogP) is 0.431.